The van der Waals surface area contributed by atoms with E-state index in [1.165, 1.54) is 0 Å². The molecule has 44 heavy (non-hydrogen) atoms. The number of aromatic nitrogens is 4. The molecular weight excluding hydrogens is 554 g/mol. The van der Waals surface area contributed by atoms with Gasteiger partial charge in [-0.3, -0.25) is 14.7 Å². The Hall–Kier alpha value is -3.86. The molecule has 0 amide bonds. The third-order valence-electron chi connectivity index (χ3n) is 8.53. The van der Waals surface area contributed by atoms with Crippen LogP contribution < -0.4 is 4.90 Å². The van der Waals surface area contributed by atoms with Crippen molar-refractivity contribution in [2.45, 2.75) is 46.1 Å². The molecule has 232 valence electrons. The van der Waals surface area contributed by atoms with Crippen molar-refractivity contribution in [1.29, 1.82) is 0 Å². The average molecular weight is 598 g/mol. The second-order valence-electron chi connectivity index (χ2n) is 13.1. The van der Waals surface area contributed by atoms with E-state index in [1.807, 2.05) is 49.8 Å². The molecule has 0 radical (unpaired) electrons. The summed E-state index contributed by atoms with van der Waals surface area (Å²) in [5.41, 5.74) is 6.44. The summed E-state index contributed by atoms with van der Waals surface area (Å²) in [4.78, 5) is 25.1. The smallest absolute Gasteiger partial charge is 0.202 e. The first-order chi connectivity index (χ1) is 21.1. The molecule has 2 saturated heterocycles. The number of rotatable bonds is 8. The van der Waals surface area contributed by atoms with Crippen LogP contribution in [0.25, 0.3) is 16.9 Å². The van der Waals surface area contributed by atoms with E-state index in [1.54, 1.807) is 4.68 Å². The second kappa shape index (κ2) is 12.6. The fourth-order valence-electron chi connectivity index (χ4n) is 5.93. The van der Waals surface area contributed by atoms with Gasteiger partial charge in [0.25, 0.3) is 0 Å². The third kappa shape index (κ3) is 6.77. The van der Waals surface area contributed by atoms with E-state index in [4.69, 9.17) is 9.15 Å². The van der Waals surface area contributed by atoms with Crippen molar-refractivity contribution in [3.8, 4) is 16.9 Å². The fourth-order valence-corrected chi connectivity index (χ4v) is 5.93. The molecule has 10 heteroatoms. The van der Waals surface area contributed by atoms with Gasteiger partial charge in [0, 0.05) is 75.0 Å². The quantitative estimate of drug-likeness (QED) is 0.272. The Morgan fingerprint density at radius 1 is 0.977 bits per heavy atom. The van der Waals surface area contributed by atoms with Crippen molar-refractivity contribution in [2.24, 2.45) is 0 Å². The Bertz CT molecular complexity index is 1610. The first kappa shape index (κ1) is 30.2. The van der Waals surface area contributed by atoms with E-state index in [0.29, 0.717) is 19.0 Å². The van der Waals surface area contributed by atoms with E-state index < -0.39 is 0 Å². The van der Waals surface area contributed by atoms with E-state index >= 15 is 0 Å². The predicted octanol–water partition coefficient (Wildman–Crippen LogP) is 4.54. The highest BCUT2D eigenvalue weighted by molar-refractivity contribution is 5.95. The molecular formula is C34H43N7O3. The number of piperazine rings is 1. The second-order valence-corrected chi connectivity index (χ2v) is 13.1. The first-order valence-corrected chi connectivity index (χ1v) is 15.5. The molecule has 10 nitrogen and oxygen atoms in total. The molecule has 0 atom stereocenters. The lowest BCUT2D eigenvalue weighted by molar-refractivity contribution is 0.0963. The van der Waals surface area contributed by atoms with E-state index in [2.05, 4.69) is 63.9 Å². The maximum Gasteiger partial charge on any atom is 0.202 e. The van der Waals surface area contributed by atoms with Gasteiger partial charge in [-0.1, -0.05) is 38.1 Å². The lowest BCUT2D eigenvalue weighted by Gasteiger charge is -2.32. The van der Waals surface area contributed by atoms with Crippen LogP contribution in [0.3, 0.4) is 0 Å². The zero-order chi connectivity index (χ0) is 30.8. The van der Waals surface area contributed by atoms with Crippen molar-refractivity contribution in [1.82, 2.24) is 29.8 Å². The molecule has 1 aromatic carbocycles. The number of morpholine rings is 1. The topological polar surface area (TPSA) is 92.8 Å². The van der Waals surface area contributed by atoms with Gasteiger partial charge in [-0.2, -0.15) is 0 Å². The fraction of sp³-hybridized carbons (Fsp3) is 0.471. The lowest BCUT2D eigenvalue weighted by Crippen LogP contribution is -2.44. The summed E-state index contributed by atoms with van der Waals surface area (Å²) in [5.74, 6) is 1.30. The Morgan fingerprint density at radius 2 is 1.75 bits per heavy atom. The number of likely N-dealkylation sites (N-methyl/N-ethyl adjacent to an activating group) is 1. The highest BCUT2D eigenvalue weighted by atomic mass is 16.5. The highest BCUT2D eigenvalue weighted by Gasteiger charge is 2.28. The minimum atomic E-state index is -0.195. The molecule has 0 saturated carbocycles. The van der Waals surface area contributed by atoms with Gasteiger partial charge in [-0.25, -0.2) is 4.68 Å². The lowest BCUT2D eigenvalue weighted by atomic mass is 9.90. The molecule has 0 aliphatic carbocycles. The van der Waals surface area contributed by atoms with Crippen molar-refractivity contribution in [2.75, 3.05) is 64.4 Å². The normalized spacial score (nSPS) is 16.9. The molecule has 0 N–H and O–H groups in total. The molecule has 6 rings (SSSR count). The first-order valence-electron chi connectivity index (χ1n) is 15.5. The van der Waals surface area contributed by atoms with E-state index in [-0.39, 0.29) is 17.6 Å². The van der Waals surface area contributed by atoms with Crippen LogP contribution in [0, 0.1) is 6.92 Å². The van der Waals surface area contributed by atoms with Crippen LogP contribution in [0.15, 0.2) is 53.3 Å². The molecule has 0 unspecified atom stereocenters. The number of furan rings is 1. The summed E-state index contributed by atoms with van der Waals surface area (Å²) >= 11 is 0. The standard InChI is InChI=1S/C34H43N7O3/c1-24-6-7-25(17-31(42)32-19-27(33(44-32)34(2,3)4)22-39-10-8-38(5)9-11-39)16-30(24)41-23-29(36-37-41)26-18-28(21-35-20-26)40-12-14-43-15-13-40/h6-7,16,18-21,23H,8-15,17,22H2,1-5H3. The number of hydrogen-bond donors (Lipinski definition) is 0. The van der Waals surface area contributed by atoms with E-state index in [0.717, 1.165) is 90.9 Å². The molecule has 0 spiro atoms. The van der Waals surface area contributed by atoms with Crippen molar-refractivity contribution < 1.29 is 13.9 Å². The number of anilines is 1. The van der Waals surface area contributed by atoms with Crippen LogP contribution in [-0.4, -0.2) is 95.1 Å². The number of carbonyl (C=O) groups is 1. The number of ether oxygens (including phenoxy) is 1. The number of hydrogen-bond acceptors (Lipinski definition) is 9. The maximum atomic E-state index is 13.6. The van der Waals surface area contributed by atoms with Crippen LogP contribution in [-0.2, 0) is 23.1 Å². The number of pyridine rings is 1. The molecule has 5 heterocycles. The van der Waals surface area contributed by atoms with E-state index in [9.17, 15) is 4.79 Å². The summed E-state index contributed by atoms with van der Waals surface area (Å²) in [6, 6.07) is 10.1. The van der Waals surface area contributed by atoms with Gasteiger partial charge >= 0.3 is 0 Å². The predicted molar refractivity (Wildman–Crippen MR) is 171 cm³/mol. The molecule has 2 aliphatic rings. The minimum Gasteiger partial charge on any atom is -0.457 e. The van der Waals surface area contributed by atoms with Crippen LogP contribution in [0.2, 0.25) is 0 Å². The van der Waals surface area contributed by atoms with Gasteiger partial charge in [0.15, 0.2) is 5.76 Å². The summed E-state index contributed by atoms with van der Waals surface area (Å²) in [6.45, 7) is 16.5. The molecule has 3 aromatic heterocycles. The monoisotopic (exact) mass is 597 g/mol. The summed E-state index contributed by atoms with van der Waals surface area (Å²) in [5, 5.41) is 8.90. The number of aryl methyl sites for hydroxylation is 1. The van der Waals surface area contributed by atoms with Crippen LogP contribution >= 0.6 is 0 Å². The SMILES string of the molecule is Cc1ccc(CC(=O)c2cc(CN3CCN(C)CC3)c(C(C)(C)C)o2)cc1-n1cc(-c2cncc(N3CCOCC3)c2)nn1. The number of Topliss-reactive ketones (excluding diaryl/α,β-unsaturated/α-hetero) is 1. The van der Waals surface area contributed by atoms with Crippen LogP contribution in [0.5, 0.6) is 0 Å². The van der Waals surface area contributed by atoms with Gasteiger partial charge in [-0.05, 0) is 43.3 Å². The van der Waals surface area contributed by atoms with Crippen LogP contribution in [0.1, 0.15) is 53.8 Å². The largest absolute Gasteiger partial charge is 0.457 e. The Kier molecular flexibility index (Phi) is 8.66. The number of benzene rings is 1. The van der Waals surface area contributed by atoms with Gasteiger partial charge in [0.05, 0.1) is 37.0 Å². The van der Waals surface area contributed by atoms with Gasteiger partial charge in [0.1, 0.15) is 11.5 Å². The minimum absolute atomic E-state index is 0.0276. The van der Waals surface area contributed by atoms with Crippen molar-refractivity contribution in [3.63, 3.8) is 0 Å². The third-order valence-corrected chi connectivity index (χ3v) is 8.53. The number of nitrogens with zero attached hydrogens (tertiary/aromatic N) is 7. The van der Waals surface area contributed by atoms with Crippen molar-refractivity contribution >= 4 is 11.5 Å². The molecule has 0 bridgehead atoms. The number of carbonyl (C=O) groups excluding carboxylic acids is 1. The number of ketones is 1. The zero-order valence-corrected chi connectivity index (χ0v) is 26.5. The highest BCUT2D eigenvalue weighted by Crippen LogP contribution is 2.31. The van der Waals surface area contributed by atoms with Gasteiger partial charge < -0.3 is 19.0 Å². The van der Waals surface area contributed by atoms with Crippen LogP contribution in [0.4, 0.5) is 5.69 Å². The van der Waals surface area contributed by atoms with Gasteiger partial charge in [0.2, 0.25) is 5.78 Å². The zero-order valence-electron chi connectivity index (χ0n) is 26.5. The van der Waals surface area contributed by atoms with Crippen molar-refractivity contribution in [3.05, 3.63) is 77.1 Å². The summed E-state index contributed by atoms with van der Waals surface area (Å²) < 4.78 is 13.6. The molecule has 2 fully saturated rings. The van der Waals surface area contributed by atoms with Gasteiger partial charge in [-0.15, -0.1) is 5.10 Å². The Morgan fingerprint density at radius 3 is 2.50 bits per heavy atom. The average Bonchev–Trinajstić information content (AvgIpc) is 3.68. The Balaban J connectivity index is 1.19. The summed E-state index contributed by atoms with van der Waals surface area (Å²) in [6.07, 6.45) is 5.85. The maximum absolute atomic E-state index is 13.6. The Labute approximate surface area is 259 Å². The molecule has 2 aliphatic heterocycles. The molecule has 4 aromatic rings. The summed E-state index contributed by atoms with van der Waals surface area (Å²) in [7, 11) is 2.16.